The van der Waals surface area contributed by atoms with E-state index in [1.165, 1.54) is 12.1 Å². The molecule has 0 spiro atoms. The van der Waals surface area contributed by atoms with E-state index in [-0.39, 0.29) is 11.7 Å². The molecule has 1 N–H and O–H groups in total. The smallest absolute Gasteiger partial charge is 0.266 e. The van der Waals surface area contributed by atoms with Gasteiger partial charge in [0.05, 0.1) is 30.2 Å². The van der Waals surface area contributed by atoms with Gasteiger partial charge in [-0.2, -0.15) is 4.98 Å². The largest absolute Gasteiger partial charge is 0.468 e. The molecule has 3 aromatic rings. The van der Waals surface area contributed by atoms with Gasteiger partial charge in [0.2, 0.25) is 5.88 Å². The zero-order valence-corrected chi connectivity index (χ0v) is 21.2. The Hall–Kier alpha value is -3.18. The zero-order chi connectivity index (χ0) is 26.1. The van der Waals surface area contributed by atoms with Crippen LogP contribution in [0.25, 0.3) is 11.0 Å². The summed E-state index contributed by atoms with van der Waals surface area (Å²) in [5.41, 5.74) is 0.794. The molecular weight excluding hydrogens is 485 g/mol. The number of anilines is 2. The predicted octanol–water partition coefficient (Wildman–Crippen LogP) is 4.50. The molecule has 4 heterocycles. The fourth-order valence-corrected chi connectivity index (χ4v) is 4.66. The normalized spacial score (nSPS) is 17.8. The van der Waals surface area contributed by atoms with Crippen LogP contribution in [0.15, 0.2) is 24.3 Å². The molecule has 2 fully saturated rings. The molecule has 0 bridgehead atoms. The maximum absolute atomic E-state index is 14.8. The molecule has 0 radical (unpaired) electrons. The van der Waals surface area contributed by atoms with Crippen LogP contribution in [0.3, 0.4) is 0 Å². The molecule has 2 aliphatic rings. The molecule has 0 aliphatic carbocycles. The average Bonchev–Trinajstić information content (AvgIpc) is 2.85. The van der Waals surface area contributed by atoms with Crippen LogP contribution in [-0.4, -0.2) is 71.9 Å². The monoisotopic (exact) mass is 516 g/mol. The second-order valence-corrected chi connectivity index (χ2v) is 9.42. The highest BCUT2D eigenvalue weighted by Crippen LogP contribution is 2.36. The minimum Gasteiger partial charge on any atom is -0.468 e. The van der Waals surface area contributed by atoms with Crippen LogP contribution in [0.1, 0.15) is 43.3 Å². The second-order valence-electron chi connectivity index (χ2n) is 9.42. The predicted molar refractivity (Wildman–Crippen MR) is 135 cm³/mol. The van der Waals surface area contributed by atoms with E-state index in [1.807, 2.05) is 6.07 Å². The number of nitrogens with one attached hydrogen (secondary N) is 1. The van der Waals surface area contributed by atoms with Crippen molar-refractivity contribution in [2.75, 3.05) is 56.2 Å². The van der Waals surface area contributed by atoms with Gasteiger partial charge in [-0.05, 0) is 26.5 Å². The lowest BCUT2D eigenvalue weighted by Gasteiger charge is -2.36. The van der Waals surface area contributed by atoms with Crippen LogP contribution in [0.4, 0.5) is 24.7 Å². The van der Waals surface area contributed by atoms with Crippen molar-refractivity contribution in [1.82, 2.24) is 19.9 Å². The molecule has 0 saturated carbocycles. The minimum atomic E-state index is -2.89. The molecule has 198 valence electrons. The standard InChI is InChI=1S/C26H31F3N6O2/c1-4-34-8-10-35(11-9-34)21-12-20-24(30-15(2)18-6-5-7-19(22(18)27)23(28)29)31-16(3)32-25(20)33-26(21)37-17-13-36-14-17/h5-7,12,15,17,23H,4,8-11,13-14H2,1-3H3,(H,30,31,32,33)/t15-/m1/s1. The van der Waals surface area contributed by atoms with E-state index in [4.69, 9.17) is 14.5 Å². The van der Waals surface area contributed by atoms with Gasteiger partial charge < -0.3 is 24.6 Å². The number of hydrogen-bond donors (Lipinski definition) is 1. The number of rotatable bonds is 8. The summed E-state index contributed by atoms with van der Waals surface area (Å²) in [6, 6.07) is 5.36. The number of pyridine rings is 1. The van der Waals surface area contributed by atoms with E-state index in [0.717, 1.165) is 44.5 Å². The van der Waals surface area contributed by atoms with E-state index in [1.54, 1.807) is 13.8 Å². The average molecular weight is 517 g/mol. The molecule has 1 aromatic carbocycles. The number of benzene rings is 1. The Morgan fingerprint density at radius 1 is 1.11 bits per heavy atom. The van der Waals surface area contributed by atoms with Gasteiger partial charge in [0.15, 0.2) is 5.65 Å². The highest BCUT2D eigenvalue weighted by molar-refractivity contribution is 5.90. The van der Waals surface area contributed by atoms with Crippen molar-refractivity contribution in [1.29, 1.82) is 0 Å². The number of nitrogens with zero attached hydrogens (tertiary/aromatic N) is 5. The van der Waals surface area contributed by atoms with Gasteiger partial charge in [0.25, 0.3) is 6.43 Å². The molecule has 5 rings (SSSR count). The van der Waals surface area contributed by atoms with Gasteiger partial charge in [-0.25, -0.2) is 23.1 Å². The first-order chi connectivity index (χ1) is 17.8. The van der Waals surface area contributed by atoms with Crippen molar-refractivity contribution in [3.8, 4) is 5.88 Å². The Morgan fingerprint density at radius 2 is 1.84 bits per heavy atom. The van der Waals surface area contributed by atoms with Crippen LogP contribution in [0, 0.1) is 12.7 Å². The van der Waals surface area contributed by atoms with Crippen LogP contribution >= 0.6 is 0 Å². The van der Waals surface area contributed by atoms with E-state index in [9.17, 15) is 13.2 Å². The molecular formula is C26H31F3N6O2. The topological polar surface area (TPSA) is 75.6 Å². The quantitative estimate of drug-likeness (QED) is 0.469. The number of hydrogen-bond acceptors (Lipinski definition) is 8. The zero-order valence-electron chi connectivity index (χ0n) is 21.2. The minimum absolute atomic E-state index is 0.0636. The number of alkyl halides is 2. The maximum atomic E-state index is 14.8. The molecule has 8 nitrogen and oxygen atoms in total. The van der Waals surface area contributed by atoms with Crippen molar-refractivity contribution in [2.24, 2.45) is 0 Å². The molecule has 11 heteroatoms. The van der Waals surface area contributed by atoms with Crippen LogP contribution in [-0.2, 0) is 4.74 Å². The van der Waals surface area contributed by atoms with Crippen LogP contribution in [0.5, 0.6) is 5.88 Å². The Balaban J connectivity index is 1.53. The van der Waals surface area contributed by atoms with Crippen molar-refractivity contribution in [3.05, 3.63) is 47.0 Å². The second kappa shape index (κ2) is 10.7. The van der Waals surface area contributed by atoms with E-state index in [0.29, 0.717) is 41.8 Å². The Labute approximate surface area is 213 Å². The van der Waals surface area contributed by atoms with Crippen molar-refractivity contribution in [2.45, 2.75) is 39.3 Å². The maximum Gasteiger partial charge on any atom is 0.266 e. The number of piperazine rings is 1. The van der Waals surface area contributed by atoms with E-state index in [2.05, 4.69) is 32.0 Å². The number of fused-ring (bicyclic) bond motifs is 1. The number of aryl methyl sites for hydroxylation is 1. The Morgan fingerprint density at radius 3 is 2.49 bits per heavy atom. The molecule has 37 heavy (non-hydrogen) atoms. The lowest BCUT2D eigenvalue weighted by atomic mass is 10.0. The van der Waals surface area contributed by atoms with Crippen molar-refractivity contribution in [3.63, 3.8) is 0 Å². The molecule has 0 amide bonds. The molecule has 2 aromatic heterocycles. The number of aromatic nitrogens is 3. The van der Waals surface area contributed by atoms with Crippen molar-refractivity contribution >= 4 is 22.5 Å². The fraction of sp³-hybridized carbons (Fsp3) is 0.500. The van der Waals surface area contributed by atoms with Gasteiger partial charge in [-0.1, -0.05) is 25.1 Å². The summed E-state index contributed by atoms with van der Waals surface area (Å²) in [6.45, 7) is 11.1. The molecule has 1 atom stereocenters. The van der Waals surface area contributed by atoms with E-state index < -0.39 is 23.8 Å². The SMILES string of the molecule is CCN1CCN(c2cc3c(N[C@H](C)c4cccc(C(F)F)c4F)nc(C)nc3nc2OC2COC2)CC1. The highest BCUT2D eigenvalue weighted by Gasteiger charge is 2.27. The Kier molecular flexibility index (Phi) is 7.34. The Bertz CT molecular complexity index is 1260. The van der Waals surface area contributed by atoms with Crippen LogP contribution < -0.4 is 15.0 Å². The van der Waals surface area contributed by atoms with Gasteiger partial charge in [0, 0.05) is 31.7 Å². The van der Waals surface area contributed by atoms with Gasteiger partial charge >= 0.3 is 0 Å². The third-order valence-electron chi connectivity index (χ3n) is 6.90. The first kappa shape index (κ1) is 25.5. The first-order valence-electron chi connectivity index (χ1n) is 12.6. The van der Waals surface area contributed by atoms with Gasteiger partial charge in [0.1, 0.15) is 29.3 Å². The summed E-state index contributed by atoms with van der Waals surface area (Å²) >= 11 is 0. The number of ether oxygens (including phenoxy) is 2. The summed E-state index contributed by atoms with van der Waals surface area (Å²) in [7, 11) is 0. The summed E-state index contributed by atoms with van der Waals surface area (Å²) in [5.74, 6) is 0.507. The summed E-state index contributed by atoms with van der Waals surface area (Å²) < 4.78 is 52.8. The van der Waals surface area contributed by atoms with Gasteiger partial charge in [-0.3, -0.25) is 0 Å². The van der Waals surface area contributed by atoms with Crippen LogP contribution in [0.2, 0.25) is 0 Å². The number of halogens is 3. The van der Waals surface area contributed by atoms with Gasteiger partial charge in [-0.15, -0.1) is 0 Å². The lowest BCUT2D eigenvalue weighted by molar-refractivity contribution is -0.0810. The molecule has 2 aliphatic heterocycles. The molecule has 0 unspecified atom stereocenters. The summed E-state index contributed by atoms with van der Waals surface area (Å²) in [6.07, 6.45) is -2.96. The van der Waals surface area contributed by atoms with E-state index >= 15 is 0 Å². The lowest BCUT2D eigenvalue weighted by Crippen LogP contribution is -2.46. The fourth-order valence-electron chi connectivity index (χ4n) is 4.66. The third kappa shape index (κ3) is 5.28. The third-order valence-corrected chi connectivity index (χ3v) is 6.90. The summed E-state index contributed by atoms with van der Waals surface area (Å²) in [5, 5.41) is 3.86. The first-order valence-corrected chi connectivity index (χ1v) is 12.6. The molecule has 2 saturated heterocycles. The summed E-state index contributed by atoms with van der Waals surface area (Å²) in [4.78, 5) is 18.5. The highest BCUT2D eigenvalue weighted by atomic mass is 19.3. The number of likely N-dealkylation sites (N-methyl/N-ethyl adjacent to an activating group) is 1. The van der Waals surface area contributed by atoms with Crippen molar-refractivity contribution < 1.29 is 22.6 Å².